The summed E-state index contributed by atoms with van der Waals surface area (Å²) in [4.78, 5) is 14.7. The van der Waals surface area contributed by atoms with Crippen molar-refractivity contribution in [2.75, 3.05) is 26.3 Å². The van der Waals surface area contributed by atoms with E-state index in [4.69, 9.17) is 14.7 Å². The Kier molecular flexibility index (Phi) is 5.78. The monoisotopic (exact) mass is 399 g/mol. The van der Waals surface area contributed by atoms with E-state index >= 15 is 0 Å². The zero-order chi connectivity index (χ0) is 18.8. The van der Waals surface area contributed by atoms with E-state index in [2.05, 4.69) is 49.9 Å². The fourth-order valence-corrected chi connectivity index (χ4v) is 5.60. The number of benzene rings is 1. The molecule has 1 aromatic carbocycles. The first kappa shape index (κ1) is 18.9. The molecule has 2 aromatic heterocycles. The Morgan fingerprint density at radius 1 is 1.11 bits per heavy atom. The predicted octanol–water partition coefficient (Wildman–Crippen LogP) is 4.74. The molecule has 27 heavy (non-hydrogen) atoms. The lowest BCUT2D eigenvalue weighted by Crippen LogP contribution is -2.36. The minimum Gasteiger partial charge on any atom is -0.379 e. The van der Waals surface area contributed by atoms with Crippen LogP contribution in [0.2, 0.25) is 0 Å². The number of hydrogen-bond donors (Lipinski definition) is 0. The molecular weight excluding hydrogens is 374 g/mol. The molecule has 0 atom stereocenters. The maximum absolute atomic E-state index is 5.46. The molecule has 0 bridgehead atoms. The average Bonchev–Trinajstić information content (AvgIpc) is 2.96. The van der Waals surface area contributed by atoms with Crippen molar-refractivity contribution in [3.8, 4) is 0 Å². The van der Waals surface area contributed by atoms with Crippen LogP contribution in [0.4, 0.5) is 0 Å². The summed E-state index contributed by atoms with van der Waals surface area (Å²) < 4.78 is 5.46. The van der Waals surface area contributed by atoms with E-state index in [1.165, 1.54) is 27.0 Å². The highest BCUT2D eigenvalue weighted by Crippen LogP contribution is 2.36. The minimum atomic E-state index is 0.799. The van der Waals surface area contributed by atoms with Gasteiger partial charge in [-0.2, -0.15) is 0 Å². The summed E-state index contributed by atoms with van der Waals surface area (Å²) in [7, 11) is 0. The van der Waals surface area contributed by atoms with Crippen LogP contribution in [0.1, 0.15) is 27.4 Å². The second kappa shape index (κ2) is 8.27. The fourth-order valence-electron chi connectivity index (χ4n) is 3.31. The maximum Gasteiger partial charge on any atom is 0.145 e. The molecule has 6 heteroatoms. The third-order valence-electron chi connectivity index (χ3n) is 5.14. The molecule has 1 saturated heterocycles. The average molecular weight is 400 g/mol. The van der Waals surface area contributed by atoms with E-state index in [1.54, 1.807) is 11.3 Å². The van der Waals surface area contributed by atoms with Gasteiger partial charge < -0.3 is 4.74 Å². The number of morpholine rings is 1. The molecule has 0 aliphatic carbocycles. The Bertz CT molecular complexity index is 948. The van der Waals surface area contributed by atoms with Crippen molar-refractivity contribution in [1.29, 1.82) is 0 Å². The van der Waals surface area contributed by atoms with Crippen molar-refractivity contribution in [3.05, 3.63) is 51.7 Å². The summed E-state index contributed by atoms with van der Waals surface area (Å²) in [6, 6.07) is 8.60. The molecule has 142 valence electrons. The molecule has 1 aliphatic rings. The van der Waals surface area contributed by atoms with Gasteiger partial charge in [-0.05, 0) is 37.5 Å². The second-order valence-corrected chi connectivity index (χ2v) is 9.18. The molecule has 1 fully saturated rings. The Morgan fingerprint density at radius 2 is 1.89 bits per heavy atom. The zero-order valence-corrected chi connectivity index (χ0v) is 17.8. The Labute approximate surface area is 169 Å². The van der Waals surface area contributed by atoms with Gasteiger partial charge in [-0.3, -0.25) is 4.90 Å². The van der Waals surface area contributed by atoms with Crippen LogP contribution in [-0.4, -0.2) is 41.2 Å². The third-order valence-corrected chi connectivity index (χ3v) is 7.26. The highest BCUT2D eigenvalue weighted by molar-refractivity contribution is 7.98. The number of nitrogens with zero attached hydrogens (tertiary/aromatic N) is 3. The number of aryl methyl sites for hydroxylation is 3. The standard InChI is InChI=1S/C21H25N3OS2/c1-14-6-4-5-7-17(14)13-26-20-19-15(2)16(3)27-21(19)23-18(22-20)12-24-8-10-25-11-9-24/h4-7H,8-13H2,1-3H3. The highest BCUT2D eigenvalue weighted by atomic mass is 32.2. The van der Waals surface area contributed by atoms with Crippen molar-refractivity contribution in [2.45, 2.75) is 38.1 Å². The van der Waals surface area contributed by atoms with Gasteiger partial charge >= 0.3 is 0 Å². The SMILES string of the molecule is Cc1ccccc1CSc1nc(CN2CCOCC2)nc2sc(C)c(C)c12. The van der Waals surface area contributed by atoms with E-state index in [1.807, 2.05) is 11.8 Å². The third kappa shape index (κ3) is 4.19. The normalized spacial score (nSPS) is 15.5. The highest BCUT2D eigenvalue weighted by Gasteiger charge is 2.18. The van der Waals surface area contributed by atoms with Gasteiger partial charge in [0.1, 0.15) is 15.7 Å². The Hall–Kier alpha value is -1.47. The molecule has 0 spiro atoms. The van der Waals surface area contributed by atoms with E-state index < -0.39 is 0 Å². The van der Waals surface area contributed by atoms with Crippen molar-refractivity contribution in [3.63, 3.8) is 0 Å². The van der Waals surface area contributed by atoms with E-state index in [-0.39, 0.29) is 0 Å². The van der Waals surface area contributed by atoms with Crippen LogP contribution in [0.5, 0.6) is 0 Å². The van der Waals surface area contributed by atoms with E-state index in [9.17, 15) is 0 Å². The van der Waals surface area contributed by atoms with Gasteiger partial charge in [-0.1, -0.05) is 24.3 Å². The first-order valence-electron chi connectivity index (χ1n) is 9.36. The number of thiophene rings is 1. The lowest BCUT2D eigenvalue weighted by molar-refractivity contribution is 0.0330. The topological polar surface area (TPSA) is 38.2 Å². The van der Waals surface area contributed by atoms with Gasteiger partial charge in [0.05, 0.1) is 19.8 Å². The van der Waals surface area contributed by atoms with Gasteiger partial charge in [0.2, 0.25) is 0 Å². The van der Waals surface area contributed by atoms with Gasteiger partial charge in [-0.15, -0.1) is 23.1 Å². The Balaban J connectivity index is 1.65. The summed E-state index contributed by atoms with van der Waals surface area (Å²) >= 11 is 3.62. The van der Waals surface area contributed by atoms with Crippen molar-refractivity contribution in [2.24, 2.45) is 0 Å². The zero-order valence-electron chi connectivity index (χ0n) is 16.1. The van der Waals surface area contributed by atoms with Gasteiger partial charge in [0.25, 0.3) is 0 Å². The van der Waals surface area contributed by atoms with Crippen LogP contribution in [0.3, 0.4) is 0 Å². The molecule has 4 nitrogen and oxygen atoms in total. The van der Waals surface area contributed by atoms with Crippen LogP contribution in [-0.2, 0) is 17.0 Å². The Morgan fingerprint density at radius 3 is 2.67 bits per heavy atom. The van der Waals surface area contributed by atoms with Gasteiger partial charge in [0, 0.05) is 29.1 Å². The van der Waals surface area contributed by atoms with Crippen molar-refractivity contribution in [1.82, 2.24) is 14.9 Å². The molecule has 3 heterocycles. The summed E-state index contributed by atoms with van der Waals surface area (Å²) in [5.74, 6) is 1.86. The van der Waals surface area contributed by atoms with Crippen LogP contribution in [0.25, 0.3) is 10.2 Å². The summed E-state index contributed by atoms with van der Waals surface area (Å²) in [5, 5.41) is 2.36. The molecule has 3 aromatic rings. The fraction of sp³-hybridized carbons (Fsp3) is 0.429. The van der Waals surface area contributed by atoms with Crippen molar-refractivity contribution >= 4 is 33.3 Å². The number of thioether (sulfide) groups is 1. The number of hydrogen-bond acceptors (Lipinski definition) is 6. The quantitative estimate of drug-likeness (QED) is 0.458. The number of rotatable bonds is 5. The van der Waals surface area contributed by atoms with E-state index in [0.29, 0.717) is 0 Å². The molecule has 0 saturated carbocycles. The van der Waals surface area contributed by atoms with Crippen molar-refractivity contribution < 1.29 is 4.74 Å². The molecule has 0 amide bonds. The number of aromatic nitrogens is 2. The molecule has 0 unspecified atom stereocenters. The lowest BCUT2D eigenvalue weighted by Gasteiger charge is -2.25. The van der Waals surface area contributed by atoms with Gasteiger partial charge in [0.15, 0.2) is 0 Å². The maximum atomic E-state index is 5.46. The smallest absolute Gasteiger partial charge is 0.145 e. The molecule has 4 rings (SSSR count). The lowest BCUT2D eigenvalue weighted by atomic mass is 10.1. The van der Waals surface area contributed by atoms with Crippen LogP contribution in [0.15, 0.2) is 29.3 Å². The second-order valence-electron chi connectivity index (χ2n) is 7.01. The number of ether oxygens (including phenoxy) is 1. The summed E-state index contributed by atoms with van der Waals surface area (Å²) in [5.41, 5.74) is 4.02. The molecule has 1 aliphatic heterocycles. The van der Waals surface area contributed by atoms with E-state index in [0.717, 1.165) is 54.3 Å². The summed E-state index contributed by atoms with van der Waals surface area (Å²) in [6.07, 6.45) is 0. The summed E-state index contributed by atoms with van der Waals surface area (Å²) in [6.45, 7) is 10.9. The van der Waals surface area contributed by atoms with Gasteiger partial charge in [-0.25, -0.2) is 9.97 Å². The predicted molar refractivity (Wildman–Crippen MR) is 114 cm³/mol. The van der Waals surface area contributed by atoms with Crippen LogP contribution >= 0.6 is 23.1 Å². The number of fused-ring (bicyclic) bond motifs is 1. The first-order chi connectivity index (χ1) is 13.1. The van der Waals surface area contributed by atoms with Crippen LogP contribution < -0.4 is 0 Å². The molecule has 0 N–H and O–H groups in total. The largest absolute Gasteiger partial charge is 0.379 e. The minimum absolute atomic E-state index is 0.799. The molecular formula is C21H25N3OS2. The van der Waals surface area contributed by atoms with Crippen LogP contribution in [0, 0.1) is 20.8 Å². The first-order valence-corrected chi connectivity index (χ1v) is 11.2. The molecule has 0 radical (unpaired) electrons.